The van der Waals surface area contributed by atoms with Crippen LogP contribution in [0.25, 0.3) is 0 Å². The third-order valence-corrected chi connectivity index (χ3v) is 4.61. The molecule has 1 aromatic heterocycles. The molecule has 2 rings (SSSR count). The lowest BCUT2D eigenvalue weighted by molar-refractivity contribution is 0.536. The number of alkyl halides is 2. The number of rotatable bonds is 5. The SMILES string of the molecule is Cn1cc(CC(CCl)(CCl)c2ccccc2Cl)cn1. The molecule has 0 atom stereocenters. The Bertz CT molecular complexity index is 547. The average molecular weight is 318 g/mol. The lowest BCUT2D eigenvalue weighted by Gasteiger charge is -2.30. The predicted octanol–water partition coefficient (Wildman–Crippen LogP) is 4.03. The Labute approximate surface area is 128 Å². The van der Waals surface area contributed by atoms with Gasteiger partial charge < -0.3 is 0 Å². The van der Waals surface area contributed by atoms with Crippen LogP contribution >= 0.6 is 34.8 Å². The van der Waals surface area contributed by atoms with Crippen LogP contribution in [0, 0.1) is 0 Å². The van der Waals surface area contributed by atoms with Crippen molar-refractivity contribution in [1.29, 1.82) is 0 Å². The van der Waals surface area contributed by atoms with Crippen LogP contribution in [-0.2, 0) is 18.9 Å². The molecule has 0 aliphatic heterocycles. The van der Waals surface area contributed by atoms with E-state index in [9.17, 15) is 0 Å². The van der Waals surface area contributed by atoms with Crippen molar-refractivity contribution in [3.05, 3.63) is 52.8 Å². The zero-order valence-corrected chi connectivity index (χ0v) is 12.9. The Balaban J connectivity index is 2.40. The maximum absolute atomic E-state index is 6.30. The molecule has 0 radical (unpaired) electrons. The maximum atomic E-state index is 6.30. The first-order valence-corrected chi connectivity index (χ1v) is 7.40. The first kappa shape index (κ1) is 14.7. The van der Waals surface area contributed by atoms with E-state index in [0.717, 1.165) is 17.5 Å². The van der Waals surface area contributed by atoms with Crippen LogP contribution < -0.4 is 0 Å². The molecule has 0 saturated heterocycles. The van der Waals surface area contributed by atoms with Gasteiger partial charge in [0.2, 0.25) is 0 Å². The number of benzene rings is 1. The highest BCUT2D eigenvalue weighted by molar-refractivity contribution is 6.32. The van der Waals surface area contributed by atoms with Crippen LogP contribution in [0.15, 0.2) is 36.7 Å². The summed E-state index contributed by atoms with van der Waals surface area (Å²) >= 11 is 18.7. The zero-order valence-electron chi connectivity index (χ0n) is 10.6. The Kier molecular flexibility index (Phi) is 4.77. The molecule has 0 aliphatic carbocycles. The van der Waals surface area contributed by atoms with Gasteiger partial charge in [0.25, 0.3) is 0 Å². The summed E-state index contributed by atoms with van der Waals surface area (Å²) < 4.78 is 1.77. The zero-order chi connectivity index (χ0) is 13.9. The quantitative estimate of drug-likeness (QED) is 0.761. The third-order valence-electron chi connectivity index (χ3n) is 3.26. The number of nitrogens with zero attached hydrogens (tertiary/aromatic N) is 2. The second-order valence-electron chi connectivity index (χ2n) is 4.73. The van der Waals surface area contributed by atoms with E-state index in [-0.39, 0.29) is 5.41 Å². The molecular weight excluding hydrogens is 303 g/mol. The minimum atomic E-state index is -0.371. The van der Waals surface area contributed by atoms with Gasteiger partial charge in [-0.05, 0) is 23.6 Å². The molecule has 1 heterocycles. The van der Waals surface area contributed by atoms with Gasteiger partial charge in [-0.1, -0.05) is 29.8 Å². The van der Waals surface area contributed by atoms with Crippen molar-refractivity contribution in [1.82, 2.24) is 9.78 Å². The van der Waals surface area contributed by atoms with E-state index in [2.05, 4.69) is 5.10 Å². The van der Waals surface area contributed by atoms with Gasteiger partial charge in [-0.25, -0.2) is 0 Å². The number of hydrogen-bond donors (Lipinski definition) is 0. The second kappa shape index (κ2) is 6.17. The topological polar surface area (TPSA) is 17.8 Å². The Hall–Kier alpha value is -0.700. The Morgan fingerprint density at radius 2 is 1.89 bits per heavy atom. The minimum Gasteiger partial charge on any atom is -0.276 e. The molecule has 2 nitrogen and oxygen atoms in total. The fourth-order valence-electron chi connectivity index (χ4n) is 2.21. The normalized spacial score (nSPS) is 11.8. The molecule has 0 saturated carbocycles. The van der Waals surface area contributed by atoms with Crippen molar-refractivity contribution in [2.24, 2.45) is 7.05 Å². The van der Waals surface area contributed by atoms with E-state index in [1.54, 1.807) is 4.68 Å². The van der Waals surface area contributed by atoms with Gasteiger partial charge in [0, 0.05) is 35.4 Å². The Morgan fingerprint density at radius 3 is 2.42 bits per heavy atom. The largest absolute Gasteiger partial charge is 0.276 e. The van der Waals surface area contributed by atoms with Crippen molar-refractivity contribution < 1.29 is 0 Å². The van der Waals surface area contributed by atoms with Gasteiger partial charge in [0.1, 0.15) is 0 Å². The summed E-state index contributed by atoms with van der Waals surface area (Å²) in [6.45, 7) is 0. The van der Waals surface area contributed by atoms with E-state index in [1.165, 1.54) is 0 Å². The number of aromatic nitrogens is 2. The highest BCUT2D eigenvalue weighted by Gasteiger charge is 2.33. The van der Waals surface area contributed by atoms with Crippen LogP contribution in [0.3, 0.4) is 0 Å². The van der Waals surface area contributed by atoms with E-state index < -0.39 is 0 Å². The van der Waals surface area contributed by atoms with Gasteiger partial charge in [0.05, 0.1) is 6.20 Å². The molecule has 19 heavy (non-hydrogen) atoms. The van der Waals surface area contributed by atoms with E-state index in [0.29, 0.717) is 16.8 Å². The number of hydrogen-bond acceptors (Lipinski definition) is 1. The lowest BCUT2D eigenvalue weighted by atomic mass is 9.79. The molecule has 1 aromatic carbocycles. The summed E-state index contributed by atoms with van der Waals surface area (Å²) in [7, 11) is 1.89. The molecule has 0 amide bonds. The number of aryl methyl sites for hydroxylation is 1. The standard InChI is InChI=1S/C14H15Cl3N2/c1-19-8-11(7-18-19)6-14(9-15,10-16)12-4-2-3-5-13(12)17/h2-5,7-8H,6,9-10H2,1H3. The fraction of sp³-hybridized carbons (Fsp3) is 0.357. The monoisotopic (exact) mass is 316 g/mol. The first-order chi connectivity index (χ1) is 9.11. The van der Waals surface area contributed by atoms with E-state index in [1.807, 2.05) is 43.7 Å². The molecule has 0 N–H and O–H groups in total. The Morgan fingerprint density at radius 1 is 1.21 bits per heavy atom. The molecule has 2 aromatic rings. The molecule has 102 valence electrons. The van der Waals surface area contributed by atoms with Gasteiger partial charge >= 0.3 is 0 Å². The molecule has 0 spiro atoms. The smallest absolute Gasteiger partial charge is 0.0521 e. The van der Waals surface area contributed by atoms with Gasteiger partial charge in [-0.3, -0.25) is 4.68 Å². The average Bonchev–Trinajstić information content (AvgIpc) is 2.82. The summed E-state index contributed by atoms with van der Waals surface area (Å²) in [5, 5.41) is 4.88. The third kappa shape index (κ3) is 3.07. The molecule has 0 fully saturated rings. The molecular formula is C14H15Cl3N2. The lowest BCUT2D eigenvalue weighted by Crippen LogP contribution is -2.33. The summed E-state index contributed by atoms with van der Waals surface area (Å²) in [5.74, 6) is 0.824. The fourth-order valence-corrected chi connectivity index (χ4v) is 3.31. The van der Waals surface area contributed by atoms with Crippen molar-refractivity contribution in [3.63, 3.8) is 0 Å². The van der Waals surface area contributed by atoms with Gasteiger partial charge in [-0.15, -0.1) is 23.2 Å². The van der Waals surface area contributed by atoms with Crippen molar-refractivity contribution >= 4 is 34.8 Å². The van der Waals surface area contributed by atoms with Crippen molar-refractivity contribution in [3.8, 4) is 0 Å². The summed E-state index contributed by atoms with van der Waals surface area (Å²) in [6, 6.07) is 7.72. The van der Waals surface area contributed by atoms with Crippen LogP contribution in [-0.4, -0.2) is 21.5 Å². The molecule has 5 heteroatoms. The predicted molar refractivity (Wildman–Crippen MR) is 81.5 cm³/mol. The maximum Gasteiger partial charge on any atom is 0.0521 e. The van der Waals surface area contributed by atoms with Crippen LogP contribution in [0.1, 0.15) is 11.1 Å². The van der Waals surface area contributed by atoms with Crippen LogP contribution in [0.5, 0.6) is 0 Å². The summed E-state index contributed by atoms with van der Waals surface area (Å²) in [5.41, 5.74) is 1.72. The molecule has 0 bridgehead atoms. The van der Waals surface area contributed by atoms with Gasteiger partial charge in [-0.2, -0.15) is 5.10 Å². The highest BCUT2D eigenvalue weighted by Crippen LogP contribution is 2.35. The molecule has 0 aliphatic rings. The molecule has 0 unspecified atom stereocenters. The minimum absolute atomic E-state index is 0.371. The summed E-state index contributed by atoms with van der Waals surface area (Å²) in [6.07, 6.45) is 4.53. The van der Waals surface area contributed by atoms with Crippen molar-refractivity contribution in [2.75, 3.05) is 11.8 Å². The second-order valence-corrected chi connectivity index (χ2v) is 5.67. The number of halogens is 3. The van der Waals surface area contributed by atoms with Crippen molar-refractivity contribution in [2.45, 2.75) is 11.8 Å². The van der Waals surface area contributed by atoms with Crippen LogP contribution in [0.2, 0.25) is 5.02 Å². The highest BCUT2D eigenvalue weighted by atomic mass is 35.5. The van der Waals surface area contributed by atoms with E-state index >= 15 is 0 Å². The van der Waals surface area contributed by atoms with Crippen LogP contribution in [0.4, 0.5) is 0 Å². The van der Waals surface area contributed by atoms with Gasteiger partial charge in [0.15, 0.2) is 0 Å². The van der Waals surface area contributed by atoms with E-state index in [4.69, 9.17) is 34.8 Å². The first-order valence-electron chi connectivity index (χ1n) is 5.96. The summed E-state index contributed by atoms with van der Waals surface area (Å²) in [4.78, 5) is 0.